The number of fused-ring (bicyclic) bond motifs is 1. The van der Waals surface area contributed by atoms with Crippen LogP contribution in [0, 0.1) is 0 Å². The van der Waals surface area contributed by atoms with Gasteiger partial charge in [0.15, 0.2) is 0 Å². The molecule has 17 heteroatoms. The van der Waals surface area contributed by atoms with E-state index < -0.39 is 68.1 Å². The van der Waals surface area contributed by atoms with Crippen molar-refractivity contribution in [2.75, 3.05) is 17.5 Å². The molecule has 3 rings (SSSR count). The summed E-state index contributed by atoms with van der Waals surface area (Å²) in [5.41, 5.74) is -2.96. The van der Waals surface area contributed by atoms with E-state index in [4.69, 9.17) is 9.47 Å². The lowest BCUT2D eigenvalue weighted by Crippen LogP contribution is -2.44. The number of Topliss-reactive ketones (excluding diaryl/α,β-unsaturated/α-hetero) is 1. The predicted molar refractivity (Wildman–Crippen MR) is 134 cm³/mol. The maximum absolute atomic E-state index is 13.8. The van der Waals surface area contributed by atoms with Crippen molar-refractivity contribution in [2.24, 2.45) is 0 Å². The maximum atomic E-state index is 13.8. The van der Waals surface area contributed by atoms with Crippen molar-refractivity contribution in [3.63, 3.8) is 0 Å². The highest BCUT2D eigenvalue weighted by Gasteiger charge is 2.51. The molecule has 0 aliphatic carbocycles. The number of benzene rings is 1. The zero-order valence-electron chi connectivity index (χ0n) is 22.2. The van der Waals surface area contributed by atoms with Crippen molar-refractivity contribution in [1.82, 2.24) is 4.98 Å². The Labute approximate surface area is 235 Å². The van der Waals surface area contributed by atoms with Crippen molar-refractivity contribution in [3.05, 3.63) is 28.8 Å². The lowest BCUT2D eigenvalue weighted by Gasteiger charge is -2.35. The van der Waals surface area contributed by atoms with Crippen LogP contribution in [0.25, 0.3) is 0 Å². The lowest BCUT2D eigenvalue weighted by molar-refractivity contribution is -0.257. The molecule has 9 nitrogen and oxygen atoms in total. The molecule has 0 amide bonds. The highest BCUT2D eigenvalue weighted by Crippen LogP contribution is 2.44. The summed E-state index contributed by atoms with van der Waals surface area (Å²) >= 11 is 0.00375. The van der Waals surface area contributed by atoms with Gasteiger partial charge >= 0.3 is 18.3 Å². The Morgan fingerprint density at radius 1 is 1.17 bits per heavy atom. The maximum Gasteiger partial charge on any atom is 0.443 e. The van der Waals surface area contributed by atoms with Gasteiger partial charge in [-0.15, -0.1) is 0 Å². The van der Waals surface area contributed by atoms with Gasteiger partial charge in [0.1, 0.15) is 17.6 Å². The van der Waals surface area contributed by atoms with Crippen LogP contribution in [0.2, 0.25) is 0 Å². The summed E-state index contributed by atoms with van der Waals surface area (Å²) in [7, 11) is -4.85. The second kappa shape index (κ2) is 11.7. The second-order valence-electron chi connectivity index (χ2n) is 9.52. The van der Waals surface area contributed by atoms with Crippen LogP contribution in [-0.4, -0.2) is 56.2 Å². The summed E-state index contributed by atoms with van der Waals surface area (Å²) in [5, 5.41) is -3.04. The van der Waals surface area contributed by atoms with Crippen LogP contribution in [0.1, 0.15) is 51.1 Å². The number of hydrogen-bond donors (Lipinski definition) is 0. The van der Waals surface area contributed by atoms with E-state index in [1.165, 1.54) is 26.0 Å². The van der Waals surface area contributed by atoms with Crippen molar-refractivity contribution in [1.29, 1.82) is 0 Å². The first kappa shape index (κ1) is 32.4. The van der Waals surface area contributed by atoms with Crippen molar-refractivity contribution in [3.8, 4) is 10.8 Å². The van der Waals surface area contributed by atoms with E-state index >= 15 is 0 Å². The number of hydrogen-bond acceptors (Lipinski definition) is 9. The highest BCUT2D eigenvalue weighted by molar-refractivity contribution is 7.93. The largest absolute Gasteiger partial charge is 0.486 e. The van der Waals surface area contributed by atoms with E-state index in [-0.39, 0.29) is 53.6 Å². The van der Waals surface area contributed by atoms with Gasteiger partial charge in [-0.1, -0.05) is 17.4 Å². The molecular formula is C24H26F6N2O7S2. The molecule has 2 heterocycles. The van der Waals surface area contributed by atoms with Gasteiger partial charge in [-0.2, -0.15) is 34.8 Å². The monoisotopic (exact) mass is 632 g/mol. The summed E-state index contributed by atoms with van der Waals surface area (Å²) in [6.45, 7) is 3.49. The fraction of sp³-hybridized carbons (Fsp3) is 0.542. The van der Waals surface area contributed by atoms with Gasteiger partial charge in [-0.3, -0.25) is 9.10 Å². The third-order valence-electron chi connectivity index (χ3n) is 5.79. The molecular weight excluding hydrogens is 606 g/mol. The molecule has 2 aromatic rings. The first-order valence-electron chi connectivity index (χ1n) is 12.1. The van der Waals surface area contributed by atoms with Crippen LogP contribution in [0.15, 0.2) is 23.2 Å². The molecule has 0 unspecified atom stereocenters. The van der Waals surface area contributed by atoms with Gasteiger partial charge in [0.05, 0.1) is 25.3 Å². The van der Waals surface area contributed by atoms with Crippen LogP contribution in [-0.2, 0) is 36.9 Å². The Balaban J connectivity index is 2.05. The minimum absolute atomic E-state index is 0.00375. The molecule has 1 aliphatic rings. The number of alkyl halides is 6. The predicted octanol–water partition coefficient (Wildman–Crippen LogP) is 5.31. The molecule has 0 fully saturated rings. The second-order valence-corrected chi connectivity index (χ2v) is 12.3. The van der Waals surface area contributed by atoms with E-state index in [2.05, 4.69) is 9.72 Å². The number of sulfonamides is 1. The Morgan fingerprint density at radius 3 is 2.39 bits per heavy atom. The molecule has 0 spiro atoms. The van der Waals surface area contributed by atoms with Crippen LogP contribution in [0.4, 0.5) is 32.0 Å². The third kappa shape index (κ3) is 7.42. The summed E-state index contributed by atoms with van der Waals surface area (Å²) < 4.78 is 123. The number of ether oxygens (including phenoxy) is 3. The molecule has 1 aromatic carbocycles. The first-order chi connectivity index (χ1) is 18.8. The number of aromatic nitrogens is 1. The summed E-state index contributed by atoms with van der Waals surface area (Å²) in [6.07, 6.45) is -11.3. The number of halogens is 6. The van der Waals surface area contributed by atoms with Crippen LogP contribution < -0.4 is 13.8 Å². The molecule has 0 bridgehead atoms. The molecule has 1 aliphatic heterocycles. The number of esters is 1. The van der Waals surface area contributed by atoms with Gasteiger partial charge in [0, 0.05) is 6.42 Å². The number of carbonyl (C=O) groups is 2. The number of nitrogens with zero attached hydrogens (tertiary/aromatic N) is 2. The SMILES string of the molecule is CCOc1sc(C(F)(F)F)nc1S(=O)(=O)N1C[C@H](CCC(C)=O)Oc2ccc(CC(=O)OC(C)(C)C(F)(F)F)cc21. The molecule has 1 atom stereocenters. The van der Waals surface area contributed by atoms with Crippen LogP contribution in [0.5, 0.6) is 10.8 Å². The quantitative estimate of drug-likeness (QED) is 0.256. The average Bonchev–Trinajstić information content (AvgIpc) is 3.27. The fourth-order valence-corrected chi connectivity index (χ4v) is 6.34. The van der Waals surface area contributed by atoms with Crippen molar-refractivity contribution in [2.45, 2.75) is 76.0 Å². The van der Waals surface area contributed by atoms with E-state index in [0.29, 0.717) is 13.8 Å². The zero-order valence-corrected chi connectivity index (χ0v) is 23.8. The smallest absolute Gasteiger partial charge is 0.443 e. The van der Waals surface area contributed by atoms with Crippen molar-refractivity contribution >= 4 is 38.8 Å². The summed E-state index contributed by atoms with van der Waals surface area (Å²) in [4.78, 5) is 27.1. The van der Waals surface area contributed by atoms with Gasteiger partial charge in [-0.25, -0.2) is 4.98 Å². The Morgan fingerprint density at radius 2 is 1.83 bits per heavy atom. The normalized spacial score (nSPS) is 16.1. The van der Waals surface area contributed by atoms with Gasteiger partial charge in [0.2, 0.25) is 20.7 Å². The van der Waals surface area contributed by atoms with E-state index in [1.807, 2.05) is 0 Å². The van der Waals surface area contributed by atoms with E-state index in [1.54, 1.807) is 0 Å². The molecule has 0 saturated carbocycles. The third-order valence-corrected chi connectivity index (χ3v) is 8.63. The van der Waals surface area contributed by atoms with E-state index in [0.717, 1.165) is 10.4 Å². The molecule has 0 saturated heterocycles. The Hall–Kier alpha value is -3.08. The lowest BCUT2D eigenvalue weighted by atomic mass is 10.1. The number of ketones is 1. The first-order valence-corrected chi connectivity index (χ1v) is 14.3. The van der Waals surface area contributed by atoms with Gasteiger partial charge in [0.25, 0.3) is 10.0 Å². The minimum atomic E-state index is -4.96. The number of rotatable bonds is 10. The number of thiazole rings is 1. The van der Waals surface area contributed by atoms with E-state index in [9.17, 15) is 44.3 Å². The van der Waals surface area contributed by atoms with Crippen molar-refractivity contribution < 1.29 is 58.6 Å². The fourth-order valence-electron chi connectivity index (χ4n) is 3.66. The number of anilines is 1. The molecule has 0 N–H and O–H groups in total. The molecule has 0 radical (unpaired) electrons. The van der Waals surface area contributed by atoms with Gasteiger partial charge < -0.3 is 19.0 Å². The zero-order chi connectivity index (χ0) is 31.0. The topological polar surface area (TPSA) is 112 Å². The van der Waals surface area contributed by atoms with Crippen LogP contribution in [0.3, 0.4) is 0 Å². The minimum Gasteiger partial charge on any atom is -0.486 e. The average molecular weight is 633 g/mol. The molecule has 228 valence electrons. The van der Waals surface area contributed by atoms with Crippen LogP contribution >= 0.6 is 11.3 Å². The molecule has 41 heavy (non-hydrogen) atoms. The highest BCUT2D eigenvalue weighted by atomic mass is 32.2. The Kier molecular flexibility index (Phi) is 9.22. The summed E-state index contributed by atoms with van der Waals surface area (Å²) in [6, 6.07) is 3.71. The standard InChI is InChI=1S/C24H26F6N2O7S2/c1-5-37-20-19(31-21(40-20)23(25,26)27)41(35,36)32-12-15(8-6-13(2)33)38-17-9-7-14(10-16(17)32)11-18(34)39-22(3,4)24(28,29)30/h7,9-10,15H,5-6,8,11-12H2,1-4H3/t15-/m0/s1. The molecule has 1 aromatic heterocycles. The number of carbonyl (C=O) groups excluding carboxylic acids is 2. The summed E-state index contributed by atoms with van der Waals surface area (Å²) in [5.74, 6) is -1.52. The van der Waals surface area contributed by atoms with Gasteiger partial charge in [-0.05, 0) is 51.8 Å². The Bertz CT molecular complexity index is 1400.